The highest BCUT2D eigenvalue weighted by Gasteiger charge is 2.21. The summed E-state index contributed by atoms with van der Waals surface area (Å²) in [6.07, 6.45) is 1.57. The molecule has 0 aromatic heterocycles. The third-order valence-corrected chi connectivity index (χ3v) is 3.61. The number of ether oxygens (including phenoxy) is 2. The largest absolute Gasteiger partial charge is 0.490 e. The van der Waals surface area contributed by atoms with E-state index in [1.165, 1.54) is 0 Å². The molecule has 3 nitrogen and oxygen atoms in total. The molecule has 120 valence electrons. The summed E-state index contributed by atoms with van der Waals surface area (Å²) in [7, 11) is 0. The number of benzene rings is 1. The lowest BCUT2D eigenvalue weighted by molar-refractivity contribution is 0.102. The molecule has 0 spiro atoms. The fourth-order valence-electron chi connectivity index (χ4n) is 2.24. The Labute approximate surface area is 129 Å². The normalized spacial score (nSPS) is 14.0. The van der Waals surface area contributed by atoms with Gasteiger partial charge in [-0.15, -0.1) is 0 Å². The summed E-state index contributed by atoms with van der Waals surface area (Å²) in [5, 5.41) is 10.3. The van der Waals surface area contributed by atoms with E-state index in [-0.39, 0.29) is 17.9 Å². The first-order chi connectivity index (χ1) is 10.0. The highest BCUT2D eigenvalue weighted by atomic mass is 16.5. The van der Waals surface area contributed by atoms with E-state index in [0.717, 1.165) is 29.9 Å². The second kappa shape index (κ2) is 8.93. The lowest BCUT2D eigenvalue weighted by Crippen LogP contribution is -2.22. The zero-order chi connectivity index (χ0) is 15.8. The van der Waals surface area contributed by atoms with Crippen LogP contribution in [0.25, 0.3) is 0 Å². The van der Waals surface area contributed by atoms with Gasteiger partial charge in [-0.2, -0.15) is 0 Å². The molecule has 21 heavy (non-hydrogen) atoms. The molecule has 1 aromatic carbocycles. The molecular weight excluding hydrogens is 264 g/mol. The maximum Gasteiger partial charge on any atom is 0.161 e. The quantitative estimate of drug-likeness (QED) is 0.734. The molecule has 0 aliphatic carbocycles. The van der Waals surface area contributed by atoms with E-state index in [2.05, 4.69) is 20.8 Å². The molecule has 1 N–H and O–H groups in total. The molecule has 2 unspecified atom stereocenters. The van der Waals surface area contributed by atoms with E-state index >= 15 is 0 Å². The number of hydrogen-bond donors (Lipinski definition) is 1. The van der Waals surface area contributed by atoms with E-state index in [0.29, 0.717) is 13.2 Å². The molecule has 1 aromatic rings. The van der Waals surface area contributed by atoms with E-state index < -0.39 is 0 Å². The van der Waals surface area contributed by atoms with E-state index in [1.54, 1.807) is 0 Å². The fraction of sp³-hybridized carbons (Fsp3) is 0.667. The maximum atomic E-state index is 10.3. The van der Waals surface area contributed by atoms with Crippen molar-refractivity contribution in [2.24, 2.45) is 5.92 Å². The van der Waals surface area contributed by atoms with Crippen molar-refractivity contribution in [2.45, 2.75) is 59.5 Å². The van der Waals surface area contributed by atoms with Gasteiger partial charge in [0.1, 0.15) is 0 Å². The van der Waals surface area contributed by atoms with Crippen molar-refractivity contribution >= 4 is 0 Å². The van der Waals surface area contributed by atoms with Crippen LogP contribution in [0, 0.1) is 5.92 Å². The molecule has 0 fully saturated rings. The molecular formula is C18H30O3. The third kappa shape index (κ3) is 5.24. The van der Waals surface area contributed by atoms with Gasteiger partial charge in [-0.05, 0) is 36.5 Å². The summed E-state index contributed by atoms with van der Waals surface area (Å²) < 4.78 is 11.5. The average Bonchev–Trinajstić information content (AvgIpc) is 2.49. The Morgan fingerprint density at radius 2 is 1.52 bits per heavy atom. The topological polar surface area (TPSA) is 38.7 Å². The summed E-state index contributed by atoms with van der Waals surface area (Å²) in [6, 6.07) is 6.00. The van der Waals surface area contributed by atoms with Crippen molar-refractivity contribution in [1.82, 2.24) is 0 Å². The van der Waals surface area contributed by atoms with E-state index in [9.17, 15) is 5.11 Å². The Morgan fingerprint density at radius 3 is 2.05 bits per heavy atom. The Kier molecular flexibility index (Phi) is 7.58. The van der Waals surface area contributed by atoms with E-state index in [1.807, 2.05) is 32.0 Å². The summed E-state index contributed by atoms with van der Waals surface area (Å²) in [6.45, 7) is 11.7. The van der Waals surface area contributed by atoms with Gasteiger partial charge in [0.15, 0.2) is 11.5 Å². The predicted molar refractivity (Wildman–Crippen MR) is 87.3 cm³/mol. The van der Waals surface area contributed by atoms with Gasteiger partial charge in [0, 0.05) is 5.92 Å². The number of aliphatic hydroxyl groups excluding tert-OH is 1. The number of rotatable bonds is 9. The molecule has 1 rings (SSSR count). The van der Waals surface area contributed by atoms with Crippen molar-refractivity contribution in [3.05, 3.63) is 23.8 Å². The zero-order valence-electron chi connectivity index (χ0n) is 14.1. The van der Waals surface area contributed by atoms with Crippen LogP contribution in [0.1, 0.15) is 58.9 Å². The molecule has 0 bridgehead atoms. The average molecular weight is 294 g/mol. The SMILES string of the molecule is CCCOc1ccc(C(C)C(O)C(C)C)cc1OCCC. The van der Waals surface area contributed by atoms with Crippen LogP contribution in [-0.4, -0.2) is 24.4 Å². The Bertz CT molecular complexity index is 415. The monoisotopic (exact) mass is 294 g/mol. The standard InChI is InChI=1S/C18H30O3/c1-6-10-20-16-9-8-15(12-17(16)21-11-7-2)14(5)18(19)13(3)4/h8-9,12-14,18-19H,6-7,10-11H2,1-5H3. The van der Waals surface area contributed by atoms with Gasteiger partial charge in [0.2, 0.25) is 0 Å². The molecule has 0 aliphatic rings. The highest BCUT2D eigenvalue weighted by molar-refractivity contribution is 5.44. The first-order valence-corrected chi connectivity index (χ1v) is 8.08. The molecule has 0 amide bonds. The van der Waals surface area contributed by atoms with E-state index in [4.69, 9.17) is 9.47 Å². The summed E-state index contributed by atoms with van der Waals surface area (Å²) in [4.78, 5) is 0. The maximum absolute atomic E-state index is 10.3. The van der Waals surface area contributed by atoms with Gasteiger partial charge < -0.3 is 14.6 Å². The van der Waals surface area contributed by atoms with Gasteiger partial charge in [0.05, 0.1) is 19.3 Å². The van der Waals surface area contributed by atoms with Crippen LogP contribution < -0.4 is 9.47 Å². The predicted octanol–water partition coefficient (Wildman–Crippen LogP) is 4.38. The Morgan fingerprint density at radius 1 is 0.952 bits per heavy atom. The minimum Gasteiger partial charge on any atom is -0.490 e. The van der Waals surface area contributed by atoms with Crippen molar-refractivity contribution < 1.29 is 14.6 Å². The molecule has 3 heteroatoms. The van der Waals surface area contributed by atoms with Crippen LogP contribution in [0.4, 0.5) is 0 Å². The minimum absolute atomic E-state index is 0.0780. The Hall–Kier alpha value is -1.22. The zero-order valence-corrected chi connectivity index (χ0v) is 14.1. The van der Waals surface area contributed by atoms with Crippen LogP contribution in [0.2, 0.25) is 0 Å². The summed E-state index contributed by atoms with van der Waals surface area (Å²) in [5.41, 5.74) is 1.09. The van der Waals surface area contributed by atoms with Crippen molar-refractivity contribution in [1.29, 1.82) is 0 Å². The molecule has 2 atom stereocenters. The van der Waals surface area contributed by atoms with Crippen LogP contribution in [0.3, 0.4) is 0 Å². The van der Waals surface area contributed by atoms with Crippen LogP contribution in [-0.2, 0) is 0 Å². The van der Waals surface area contributed by atoms with Gasteiger partial charge in [0.25, 0.3) is 0 Å². The smallest absolute Gasteiger partial charge is 0.161 e. The first kappa shape index (κ1) is 17.8. The summed E-state index contributed by atoms with van der Waals surface area (Å²) >= 11 is 0. The number of hydrogen-bond acceptors (Lipinski definition) is 3. The fourth-order valence-corrected chi connectivity index (χ4v) is 2.24. The lowest BCUT2D eigenvalue weighted by Gasteiger charge is -2.23. The van der Waals surface area contributed by atoms with Crippen LogP contribution >= 0.6 is 0 Å². The van der Waals surface area contributed by atoms with Gasteiger partial charge >= 0.3 is 0 Å². The molecule has 0 heterocycles. The third-order valence-electron chi connectivity index (χ3n) is 3.61. The highest BCUT2D eigenvalue weighted by Crippen LogP contribution is 2.33. The lowest BCUT2D eigenvalue weighted by atomic mass is 9.89. The van der Waals surface area contributed by atoms with Crippen LogP contribution in [0.15, 0.2) is 18.2 Å². The molecule has 0 saturated carbocycles. The van der Waals surface area contributed by atoms with Gasteiger partial charge in [-0.1, -0.05) is 40.7 Å². The van der Waals surface area contributed by atoms with Crippen molar-refractivity contribution in [3.63, 3.8) is 0 Å². The molecule has 0 saturated heterocycles. The second-order valence-corrected chi connectivity index (χ2v) is 5.93. The molecule has 0 aliphatic heterocycles. The van der Waals surface area contributed by atoms with Crippen molar-refractivity contribution in [3.8, 4) is 11.5 Å². The summed E-state index contributed by atoms with van der Waals surface area (Å²) in [5.74, 6) is 1.89. The van der Waals surface area contributed by atoms with Gasteiger partial charge in [-0.3, -0.25) is 0 Å². The Balaban J connectivity index is 2.96. The van der Waals surface area contributed by atoms with Crippen LogP contribution in [0.5, 0.6) is 11.5 Å². The molecule has 0 radical (unpaired) electrons. The second-order valence-electron chi connectivity index (χ2n) is 5.93. The number of aliphatic hydroxyl groups is 1. The first-order valence-electron chi connectivity index (χ1n) is 8.08. The minimum atomic E-state index is -0.355. The van der Waals surface area contributed by atoms with Gasteiger partial charge in [-0.25, -0.2) is 0 Å². The van der Waals surface area contributed by atoms with Crippen molar-refractivity contribution in [2.75, 3.05) is 13.2 Å².